The number of rotatable bonds is 3. The van der Waals surface area contributed by atoms with E-state index in [0.717, 1.165) is 22.2 Å². The summed E-state index contributed by atoms with van der Waals surface area (Å²) in [7, 11) is 0. The summed E-state index contributed by atoms with van der Waals surface area (Å²) >= 11 is 0. The van der Waals surface area contributed by atoms with Gasteiger partial charge in [-0.25, -0.2) is 4.39 Å². The molecule has 0 spiro atoms. The predicted octanol–water partition coefficient (Wildman–Crippen LogP) is 5.20. The number of hydrogen-bond donors (Lipinski definition) is 1. The minimum atomic E-state index is -0.257. The number of benzene rings is 3. The molecule has 118 valence electrons. The van der Waals surface area contributed by atoms with E-state index in [1.807, 2.05) is 36.4 Å². The number of fused-ring (bicyclic) bond motifs is 1. The monoisotopic (exact) mass is 317 g/mol. The largest absolute Gasteiger partial charge is 0.507 e. The maximum absolute atomic E-state index is 13.3. The highest BCUT2D eigenvalue weighted by atomic mass is 19.1. The summed E-state index contributed by atoms with van der Waals surface area (Å²) in [5.74, 6) is -0.00464. The Balaban J connectivity index is 1.93. The Morgan fingerprint density at radius 3 is 2.33 bits per heavy atom. The van der Waals surface area contributed by atoms with E-state index in [2.05, 4.69) is 16.7 Å². The molecule has 0 atom stereocenters. The van der Waals surface area contributed by atoms with Gasteiger partial charge in [-0.15, -0.1) is 0 Å². The second-order valence-electron chi connectivity index (χ2n) is 5.82. The van der Waals surface area contributed by atoms with Crippen molar-refractivity contribution in [2.75, 3.05) is 0 Å². The highest BCUT2D eigenvalue weighted by Gasteiger charge is 2.13. The first-order chi connectivity index (χ1) is 11.7. The molecule has 0 fully saturated rings. The molecule has 4 rings (SSSR count). The van der Waals surface area contributed by atoms with Crippen molar-refractivity contribution in [3.63, 3.8) is 0 Å². The summed E-state index contributed by atoms with van der Waals surface area (Å²) < 4.78 is 15.4. The van der Waals surface area contributed by atoms with Crippen LogP contribution in [0.2, 0.25) is 0 Å². The number of aromatic hydroxyl groups is 1. The third-order valence-electron chi connectivity index (χ3n) is 4.25. The molecule has 3 aromatic carbocycles. The van der Waals surface area contributed by atoms with E-state index < -0.39 is 0 Å². The fraction of sp³-hybridized carbons (Fsp3) is 0.0476. The Hall–Kier alpha value is -3.07. The summed E-state index contributed by atoms with van der Waals surface area (Å²) in [6, 6.07) is 24.1. The SMILES string of the molecule is Oc1cccc2c1cc(-c1ccc(F)cc1)n2Cc1ccccc1. The summed E-state index contributed by atoms with van der Waals surface area (Å²) in [5, 5.41) is 11.0. The Kier molecular flexibility index (Phi) is 3.54. The molecule has 0 aliphatic carbocycles. The van der Waals surface area contributed by atoms with Gasteiger partial charge in [-0.1, -0.05) is 36.4 Å². The molecular weight excluding hydrogens is 301 g/mol. The van der Waals surface area contributed by atoms with Crippen molar-refractivity contribution in [3.8, 4) is 17.0 Å². The van der Waals surface area contributed by atoms with Gasteiger partial charge in [-0.2, -0.15) is 0 Å². The summed E-state index contributed by atoms with van der Waals surface area (Å²) in [6.45, 7) is 0.681. The van der Waals surface area contributed by atoms with Gasteiger partial charge in [0.1, 0.15) is 11.6 Å². The maximum Gasteiger partial charge on any atom is 0.124 e. The highest BCUT2D eigenvalue weighted by Crippen LogP contribution is 2.33. The fourth-order valence-corrected chi connectivity index (χ4v) is 3.06. The highest BCUT2D eigenvalue weighted by molar-refractivity contribution is 5.91. The van der Waals surface area contributed by atoms with Crippen LogP contribution in [0.4, 0.5) is 4.39 Å². The number of halogens is 1. The van der Waals surface area contributed by atoms with Crippen LogP contribution in [0, 0.1) is 5.82 Å². The minimum Gasteiger partial charge on any atom is -0.507 e. The quantitative estimate of drug-likeness (QED) is 0.552. The van der Waals surface area contributed by atoms with Crippen LogP contribution in [0.5, 0.6) is 5.75 Å². The van der Waals surface area contributed by atoms with Crippen LogP contribution >= 0.6 is 0 Å². The second-order valence-corrected chi connectivity index (χ2v) is 5.82. The lowest BCUT2D eigenvalue weighted by atomic mass is 10.1. The van der Waals surface area contributed by atoms with Crippen molar-refractivity contribution < 1.29 is 9.50 Å². The number of aromatic nitrogens is 1. The third kappa shape index (κ3) is 2.54. The molecule has 24 heavy (non-hydrogen) atoms. The van der Waals surface area contributed by atoms with Crippen molar-refractivity contribution in [2.45, 2.75) is 6.54 Å². The van der Waals surface area contributed by atoms with Crippen LogP contribution in [0.1, 0.15) is 5.56 Å². The van der Waals surface area contributed by atoms with Gasteiger partial charge in [0, 0.05) is 17.6 Å². The van der Waals surface area contributed by atoms with Gasteiger partial charge >= 0.3 is 0 Å². The molecule has 0 radical (unpaired) electrons. The first-order valence-corrected chi connectivity index (χ1v) is 7.83. The zero-order valence-corrected chi connectivity index (χ0v) is 13.0. The van der Waals surface area contributed by atoms with Crippen molar-refractivity contribution in [1.29, 1.82) is 0 Å². The molecular formula is C21H16FNO. The minimum absolute atomic E-state index is 0.252. The average molecular weight is 317 g/mol. The molecule has 0 aliphatic rings. The molecule has 0 aliphatic heterocycles. The summed E-state index contributed by atoms with van der Waals surface area (Å²) in [4.78, 5) is 0. The molecule has 1 heterocycles. The molecule has 3 heteroatoms. The van der Waals surface area contributed by atoms with Crippen LogP contribution in [-0.4, -0.2) is 9.67 Å². The zero-order chi connectivity index (χ0) is 16.5. The molecule has 0 amide bonds. The third-order valence-corrected chi connectivity index (χ3v) is 4.25. The smallest absolute Gasteiger partial charge is 0.124 e. The molecule has 4 aromatic rings. The number of nitrogens with zero attached hydrogens (tertiary/aromatic N) is 1. The van der Waals surface area contributed by atoms with Crippen LogP contribution < -0.4 is 0 Å². The Morgan fingerprint density at radius 1 is 0.833 bits per heavy atom. The zero-order valence-electron chi connectivity index (χ0n) is 13.0. The average Bonchev–Trinajstić information content (AvgIpc) is 2.97. The maximum atomic E-state index is 13.3. The molecule has 0 bridgehead atoms. The van der Waals surface area contributed by atoms with Gasteiger partial charge in [0.25, 0.3) is 0 Å². The first kappa shape index (κ1) is 14.5. The molecule has 2 nitrogen and oxygen atoms in total. The van der Waals surface area contributed by atoms with Gasteiger partial charge in [0.15, 0.2) is 0 Å². The first-order valence-electron chi connectivity index (χ1n) is 7.83. The van der Waals surface area contributed by atoms with Gasteiger partial charge < -0.3 is 9.67 Å². The number of phenols is 1. The lowest BCUT2D eigenvalue weighted by Crippen LogP contribution is -2.01. The van der Waals surface area contributed by atoms with Gasteiger partial charge in [0.05, 0.1) is 5.52 Å². The predicted molar refractivity (Wildman–Crippen MR) is 94.5 cm³/mol. The topological polar surface area (TPSA) is 25.2 Å². The lowest BCUT2D eigenvalue weighted by molar-refractivity contribution is 0.481. The molecule has 0 saturated heterocycles. The molecule has 0 saturated carbocycles. The Labute approximate surface area is 139 Å². The van der Waals surface area contributed by atoms with Gasteiger partial charge in [-0.3, -0.25) is 0 Å². The number of phenolic OH excluding ortho intramolecular Hbond substituents is 1. The second kappa shape index (κ2) is 5.85. The van der Waals surface area contributed by atoms with Gasteiger partial charge in [-0.05, 0) is 53.6 Å². The van der Waals surface area contributed by atoms with Crippen molar-refractivity contribution >= 4 is 10.9 Å². The van der Waals surface area contributed by atoms with Crippen LogP contribution in [0.25, 0.3) is 22.2 Å². The van der Waals surface area contributed by atoms with E-state index in [0.29, 0.717) is 6.54 Å². The van der Waals surface area contributed by atoms with Crippen molar-refractivity contribution in [1.82, 2.24) is 4.57 Å². The molecule has 1 aromatic heterocycles. The van der Waals surface area contributed by atoms with E-state index in [9.17, 15) is 9.50 Å². The standard InChI is InChI=1S/C21H16FNO/c22-17-11-9-16(10-12-17)20-13-18-19(7-4-8-21(18)24)23(20)14-15-5-2-1-3-6-15/h1-13,24H,14H2. The van der Waals surface area contributed by atoms with Crippen molar-refractivity contribution in [2.24, 2.45) is 0 Å². The fourth-order valence-electron chi connectivity index (χ4n) is 3.06. The van der Waals surface area contributed by atoms with E-state index in [1.165, 1.54) is 17.7 Å². The van der Waals surface area contributed by atoms with Crippen LogP contribution in [-0.2, 0) is 6.54 Å². The van der Waals surface area contributed by atoms with Gasteiger partial charge in [0.2, 0.25) is 0 Å². The molecule has 1 N–H and O–H groups in total. The van der Waals surface area contributed by atoms with Crippen LogP contribution in [0.15, 0.2) is 78.9 Å². The Morgan fingerprint density at radius 2 is 1.58 bits per heavy atom. The summed E-state index contributed by atoms with van der Waals surface area (Å²) in [6.07, 6.45) is 0. The van der Waals surface area contributed by atoms with E-state index in [4.69, 9.17) is 0 Å². The van der Waals surface area contributed by atoms with E-state index in [1.54, 1.807) is 18.2 Å². The summed E-state index contributed by atoms with van der Waals surface area (Å²) in [5.41, 5.74) is 4.00. The normalized spacial score (nSPS) is 11.0. The van der Waals surface area contributed by atoms with E-state index >= 15 is 0 Å². The van der Waals surface area contributed by atoms with E-state index in [-0.39, 0.29) is 11.6 Å². The number of hydrogen-bond acceptors (Lipinski definition) is 1. The Bertz CT molecular complexity index is 988. The lowest BCUT2D eigenvalue weighted by Gasteiger charge is -2.11. The van der Waals surface area contributed by atoms with Crippen LogP contribution in [0.3, 0.4) is 0 Å². The molecule has 0 unspecified atom stereocenters. The van der Waals surface area contributed by atoms with Crippen molar-refractivity contribution in [3.05, 3.63) is 90.2 Å².